The number of amides is 1. The topological polar surface area (TPSA) is 103 Å². The lowest BCUT2D eigenvalue weighted by Crippen LogP contribution is -2.27. The van der Waals surface area contributed by atoms with E-state index in [9.17, 15) is 14.9 Å². The molecule has 1 aromatic heterocycles. The number of benzene rings is 2. The van der Waals surface area contributed by atoms with E-state index in [1.807, 2.05) is 23.6 Å². The first kappa shape index (κ1) is 21.5. The minimum absolute atomic E-state index is 0.00909. The molecule has 0 aliphatic heterocycles. The fourth-order valence-corrected chi connectivity index (χ4v) is 3.98. The van der Waals surface area contributed by atoms with E-state index in [4.69, 9.17) is 0 Å². The van der Waals surface area contributed by atoms with Gasteiger partial charge in [-0.3, -0.25) is 19.5 Å². The Morgan fingerprint density at radius 1 is 1.20 bits per heavy atom. The molecule has 30 heavy (non-hydrogen) atoms. The summed E-state index contributed by atoms with van der Waals surface area (Å²) in [6.07, 6.45) is 0.366. The molecule has 1 amide bonds. The Balaban J connectivity index is 1.96. The van der Waals surface area contributed by atoms with E-state index in [0.717, 1.165) is 0 Å². The molecule has 9 heteroatoms. The smallest absolute Gasteiger partial charge is 0.269 e. The number of aromatic nitrogens is 3. The molecule has 8 nitrogen and oxygen atoms in total. The molecule has 0 saturated carbocycles. The van der Waals surface area contributed by atoms with Gasteiger partial charge in [0, 0.05) is 30.0 Å². The van der Waals surface area contributed by atoms with Gasteiger partial charge in [0.1, 0.15) is 0 Å². The van der Waals surface area contributed by atoms with Gasteiger partial charge in [-0.1, -0.05) is 43.0 Å². The number of nitrogens with one attached hydrogen (secondary N) is 1. The predicted molar refractivity (Wildman–Crippen MR) is 116 cm³/mol. The first-order chi connectivity index (χ1) is 14.4. The molecule has 2 aromatic carbocycles. The minimum Gasteiger partial charge on any atom is -0.346 e. The van der Waals surface area contributed by atoms with Gasteiger partial charge in [0.05, 0.1) is 11.0 Å². The molecule has 1 N–H and O–H groups in total. The lowest BCUT2D eigenvalue weighted by molar-refractivity contribution is -0.384. The van der Waals surface area contributed by atoms with Crippen LogP contribution >= 0.6 is 11.8 Å². The van der Waals surface area contributed by atoms with Crippen LogP contribution in [0, 0.1) is 17.0 Å². The predicted octanol–water partition coefficient (Wildman–Crippen LogP) is 4.36. The van der Waals surface area contributed by atoms with Crippen molar-refractivity contribution in [2.75, 3.05) is 0 Å². The number of aryl methyl sites for hydroxylation is 1. The number of hydrogen-bond acceptors (Lipinski definition) is 6. The second-order valence-corrected chi connectivity index (χ2v) is 7.75. The largest absolute Gasteiger partial charge is 0.346 e. The third-order valence-corrected chi connectivity index (χ3v) is 5.66. The quantitative estimate of drug-likeness (QED) is 0.327. The Hall–Kier alpha value is -3.20. The number of thioether (sulfide) groups is 1. The summed E-state index contributed by atoms with van der Waals surface area (Å²) in [6.45, 7) is 5.69. The zero-order valence-corrected chi connectivity index (χ0v) is 17.8. The van der Waals surface area contributed by atoms with Crippen molar-refractivity contribution in [2.45, 2.75) is 44.1 Å². The Kier molecular flexibility index (Phi) is 6.83. The second kappa shape index (κ2) is 9.53. The number of carbonyl (C=O) groups is 1. The molecule has 0 aliphatic carbocycles. The maximum Gasteiger partial charge on any atom is 0.269 e. The molecule has 1 unspecified atom stereocenters. The van der Waals surface area contributed by atoms with Crippen molar-refractivity contribution < 1.29 is 9.72 Å². The first-order valence-electron chi connectivity index (χ1n) is 9.57. The molecule has 3 aromatic rings. The molecule has 0 fully saturated rings. The van der Waals surface area contributed by atoms with Gasteiger partial charge < -0.3 is 5.32 Å². The van der Waals surface area contributed by atoms with E-state index in [1.54, 1.807) is 19.1 Å². The highest BCUT2D eigenvalue weighted by Gasteiger charge is 2.21. The van der Waals surface area contributed by atoms with Gasteiger partial charge in [-0.15, -0.1) is 10.2 Å². The van der Waals surface area contributed by atoms with Crippen LogP contribution in [0.2, 0.25) is 0 Å². The third kappa shape index (κ3) is 4.85. The van der Waals surface area contributed by atoms with Gasteiger partial charge in [-0.05, 0) is 37.1 Å². The van der Waals surface area contributed by atoms with Gasteiger partial charge in [0.25, 0.3) is 5.69 Å². The second-order valence-electron chi connectivity index (χ2n) is 6.81. The third-order valence-electron chi connectivity index (χ3n) is 4.68. The molecular weight excluding hydrogens is 402 g/mol. The van der Waals surface area contributed by atoms with Crippen LogP contribution in [-0.2, 0) is 10.5 Å². The maximum atomic E-state index is 11.9. The first-order valence-corrected chi connectivity index (χ1v) is 10.6. The molecule has 0 saturated heterocycles. The average molecular weight is 426 g/mol. The standard InChI is InChI=1S/C21H23N5O3S/c1-4-19(27)22-15(3)20-23-24-21(30-13-16-8-6-5-7-14(16)2)25(20)17-9-11-18(12-10-17)26(28)29/h5-12,15H,4,13H2,1-3H3,(H,22,27). The summed E-state index contributed by atoms with van der Waals surface area (Å²) in [7, 11) is 0. The monoisotopic (exact) mass is 425 g/mol. The van der Waals surface area contributed by atoms with E-state index < -0.39 is 4.92 Å². The number of nitro benzene ring substituents is 1. The van der Waals surface area contributed by atoms with Crippen LogP contribution in [0.5, 0.6) is 0 Å². The van der Waals surface area contributed by atoms with Gasteiger partial charge in [0.15, 0.2) is 11.0 Å². The van der Waals surface area contributed by atoms with Gasteiger partial charge in [-0.2, -0.15) is 0 Å². The molecule has 1 heterocycles. The van der Waals surface area contributed by atoms with Crippen molar-refractivity contribution in [2.24, 2.45) is 0 Å². The van der Waals surface area contributed by atoms with Crippen molar-refractivity contribution in [3.05, 3.63) is 75.6 Å². The van der Waals surface area contributed by atoms with Crippen LogP contribution in [0.25, 0.3) is 5.69 Å². The van der Waals surface area contributed by atoms with Crippen molar-refractivity contribution in [1.29, 1.82) is 0 Å². The van der Waals surface area contributed by atoms with Crippen molar-refractivity contribution >= 4 is 23.4 Å². The number of carbonyl (C=O) groups excluding carboxylic acids is 1. The number of non-ortho nitro benzene ring substituents is 1. The molecule has 0 aliphatic rings. The molecule has 0 radical (unpaired) electrons. The number of rotatable bonds is 8. The maximum absolute atomic E-state index is 11.9. The Morgan fingerprint density at radius 3 is 2.53 bits per heavy atom. The van der Waals surface area contributed by atoms with E-state index in [2.05, 4.69) is 34.6 Å². The SMILES string of the molecule is CCC(=O)NC(C)c1nnc(SCc2ccccc2C)n1-c1ccc([N+](=O)[O-])cc1. The molecule has 0 spiro atoms. The Bertz CT molecular complexity index is 1050. The van der Waals surface area contributed by atoms with Crippen molar-refractivity contribution in [1.82, 2.24) is 20.1 Å². The number of hydrogen-bond donors (Lipinski definition) is 1. The zero-order valence-electron chi connectivity index (χ0n) is 17.0. The average Bonchev–Trinajstić information content (AvgIpc) is 3.17. The van der Waals surface area contributed by atoms with Crippen LogP contribution in [0.3, 0.4) is 0 Å². The summed E-state index contributed by atoms with van der Waals surface area (Å²) < 4.78 is 1.84. The summed E-state index contributed by atoms with van der Waals surface area (Å²) in [4.78, 5) is 22.4. The van der Waals surface area contributed by atoms with E-state index in [-0.39, 0.29) is 17.6 Å². The Morgan fingerprint density at radius 2 is 1.90 bits per heavy atom. The molecular formula is C21H23N5O3S. The van der Waals surface area contributed by atoms with Crippen LogP contribution in [0.15, 0.2) is 53.7 Å². The van der Waals surface area contributed by atoms with E-state index in [1.165, 1.54) is 35.0 Å². The summed E-state index contributed by atoms with van der Waals surface area (Å²) in [5.41, 5.74) is 3.09. The number of nitrogens with zero attached hydrogens (tertiary/aromatic N) is 4. The fourth-order valence-electron chi connectivity index (χ4n) is 2.94. The van der Waals surface area contributed by atoms with E-state index >= 15 is 0 Å². The zero-order chi connectivity index (χ0) is 21.7. The van der Waals surface area contributed by atoms with Crippen molar-refractivity contribution in [3.8, 4) is 5.69 Å². The fraction of sp³-hybridized carbons (Fsp3) is 0.286. The van der Waals surface area contributed by atoms with Gasteiger partial charge in [0.2, 0.25) is 5.91 Å². The van der Waals surface area contributed by atoms with Gasteiger partial charge >= 0.3 is 0 Å². The summed E-state index contributed by atoms with van der Waals surface area (Å²) in [5, 5.41) is 23.2. The lowest BCUT2D eigenvalue weighted by atomic mass is 10.1. The highest BCUT2D eigenvalue weighted by atomic mass is 32.2. The molecule has 1 atom stereocenters. The van der Waals surface area contributed by atoms with Crippen molar-refractivity contribution in [3.63, 3.8) is 0 Å². The number of nitro groups is 1. The van der Waals surface area contributed by atoms with Gasteiger partial charge in [-0.25, -0.2) is 0 Å². The molecule has 156 valence electrons. The summed E-state index contributed by atoms with van der Waals surface area (Å²) in [6, 6.07) is 14.0. The normalized spacial score (nSPS) is 11.8. The lowest BCUT2D eigenvalue weighted by Gasteiger charge is -2.16. The van der Waals surface area contributed by atoms with E-state index in [0.29, 0.717) is 28.8 Å². The Labute approximate surface area is 178 Å². The highest BCUT2D eigenvalue weighted by Crippen LogP contribution is 2.29. The van der Waals surface area contributed by atoms with Crippen LogP contribution < -0.4 is 5.32 Å². The molecule has 3 rings (SSSR count). The summed E-state index contributed by atoms with van der Waals surface area (Å²) >= 11 is 1.53. The van der Waals surface area contributed by atoms with Crippen LogP contribution in [0.1, 0.15) is 43.3 Å². The highest BCUT2D eigenvalue weighted by molar-refractivity contribution is 7.98. The van der Waals surface area contributed by atoms with Crippen LogP contribution in [-0.4, -0.2) is 25.6 Å². The minimum atomic E-state index is -0.436. The molecule has 0 bridgehead atoms. The summed E-state index contributed by atoms with van der Waals surface area (Å²) in [5.74, 6) is 1.18. The van der Waals surface area contributed by atoms with Crippen LogP contribution in [0.4, 0.5) is 5.69 Å².